The first-order valence-electron chi connectivity index (χ1n) is 11.9. The summed E-state index contributed by atoms with van der Waals surface area (Å²) < 4.78 is 7.72. The molecule has 0 aliphatic rings. The van der Waals surface area contributed by atoms with Crippen LogP contribution in [0.3, 0.4) is 0 Å². The first-order valence-corrected chi connectivity index (χ1v) is 12.7. The molecule has 0 amide bonds. The van der Waals surface area contributed by atoms with Gasteiger partial charge in [-0.3, -0.25) is 0 Å². The largest absolute Gasteiger partial charge is 0.456 e. The lowest BCUT2D eigenvalue weighted by Gasteiger charge is -2.04. The number of thiophene rings is 1. The zero-order chi connectivity index (χ0) is 23.6. The highest BCUT2D eigenvalue weighted by Gasteiger charge is 2.23. The predicted octanol–water partition coefficient (Wildman–Crippen LogP) is 9.01. The molecule has 5 heteroatoms. The van der Waals surface area contributed by atoms with Crippen LogP contribution in [0, 0.1) is 0 Å². The average Bonchev–Trinajstić information content (AvgIpc) is 3.69. The third-order valence-electron chi connectivity index (χ3n) is 6.81. The van der Waals surface area contributed by atoms with Gasteiger partial charge in [0.2, 0.25) is 0 Å². The Morgan fingerprint density at radius 2 is 1.50 bits per heavy atom. The quantitative estimate of drug-likeness (QED) is 0.264. The summed E-state index contributed by atoms with van der Waals surface area (Å²) in [5.74, 6) is 1.69. The molecule has 0 unspecified atom stereocenters. The molecular formula is C31H19N3OS. The Kier molecular flexibility index (Phi) is 4.07. The number of nitrogens with one attached hydrogen (secondary N) is 2. The van der Waals surface area contributed by atoms with Crippen molar-refractivity contribution >= 4 is 54.3 Å². The number of fused-ring (bicyclic) bond motifs is 4. The van der Waals surface area contributed by atoms with Crippen LogP contribution < -0.4 is 0 Å². The Morgan fingerprint density at radius 3 is 2.39 bits per heavy atom. The molecular weight excluding hydrogens is 462 g/mol. The van der Waals surface area contributed by atoms with E-state index < -0.39 is 0 Å². The van der Waals surface area contributed by atoms with Crippen molar-refractivity contribution in [1.29, 1.82) is 0 Å². The number of hydrogen-bond acceptors (Lipinski definition) is 3. The summed E-state index contributed by atoms with van der Waals surface area (Å²) in [5.41, 5.74) is 7.08. The van der Waals surface area contributed by atoms with Gasteiger partial charge in [-0.15, -0.1) is 11.3 Å². The van der Waals surface area contributed by atoms with Crippen LogP contribution in [0.5, 0.6) is 0 Å². The van der Waals surface area contributed by atoms with Crippen LogP contribution in [0.25, 0.3) is 76.3 Å². The summed E-state index contributed by atoms with van der Waals surface area (Å²) in [5, 5.41) is 3.43. The number of imidazole rings is 1. The van der Waals surface area contributed by atoms with Crippen molar-refractivity contribution in [2.24, 2.45) is 0 Å². The molecule has 2 N–H and O–H groups in total. The molecule has 0 aliphatic carbocycles. The molecule has 8 rings (SSSR count). The molecule has 0 saturated heterocycles. The molecule has 4 aromatic carbocycles. The second-order valence-electron chi connectivity index (χ2n) is 9.00. The first-order chi connectivity index (χ1) is 17.8. The molecule has 0 fully saturated rings. The molecule has 0 spiro atoms. The molecule has 8 aromatic rings. The maximum atomic E-state index is 6.46. The number of hydrogen-bond donors (Lipinski definition) is 2. The van der Waals surface area contributed by atoms with Gasteiger partial charge in [0.25, 0.3) is 0 Å². The minimum atomic E-state index is 0.846. The van der Waals surface area contributed by atoms with E-state index in [9.17, 15) is 0 Å². The van der Waals surface area contributed by atoms with Crippen LogP contribution in [0.4, 0.5) is 0 Å². The highest BCUT2D eigenvalue weighted by molar-refractivity contribution is 7.22. The normalized spacial score (nSPS) is 11.9. The van der Waals surface area contributed by atoms with E-state index >= 15 is 0 Å². The molecule has 4 heterocycles. The Morgan fingerprint density at radius 1 is 0.694 bits per heavy atom. The van der Waals surface area contributed by atoms with E-state index in [1.165, 1.54) is 15.0 Å². The van der Waals surface area contributed by atoms with Gasteiger partial charge < -0.3 is 14.4 Å². The van der Waals surface area contributed by atoms with Gasteiger partial charge in [0.1, 0.15) is 17.2 Å². The molecule has 0 saturated carbocycles. The van der Waals surface area contributed by atoms with E-state index in [1.807, 2.05) is 36.4 Å². The van der Waals surface area contributed by atoms with Crippen LogP contribution in [0.1, 0.15) is 0 Å². The van der Waals surface area contributed by atoms with Crippen LogP contribution >= 0.6 is 11.3 Å². The lowest BCUT2D eigenvalue weighted by atomic mass is 10.0. The van der Waals surface area contributed by atoms with Gasteiger partial charge in [0.15, 0.2) is 0 Å². The second-order valence-corrected chi connectivity index (χ2v) is 10.1. The Hall–Kier alpha value is -4.61. The van der Waals surface area contributed by atoms with Crippen molar-refractivity contribution in [3.8, 4) is 33.3 Å². The predicted molar refractivity (Wildman–Crippen MR) is 149 cm³/mol. The van der Waals surface area contributed by atoms with Gasteiger partial charge in [0.05, 0.1) is 27.2 Å². The number of para-hydroxylation sites is 3. The van der Waals surface area contributed by atoms with Crippen molar-refractivity contribution in [3.63, 3.8) is 0 Å². The van der Waals surface area contributed by atoms with Gasteiger partial charge in [0, 0.05) is 26.6 Å². The minimum absolute atomic E-state index is 0.846. The number of H-pyrrole nitrogens is 2. The highest BCUT2D eigenvalue weighted by Crippen LogP contribution is 2.46. The van der Waals surface area contributed by atoms with Gasteiger partial charge in [-0.05, 0) is 47.9 Å². The molecule has 0 bridgehead atoms. The van der Waals surface area contributed by atoms with Crippen LogP contribution in [0.2, 0.25) is 0 Å². The number of benzene rings is 4. The first kappa shape index (κ1) is 19.7. The summed E-state index contributed by atoms with van der Waals surface area (Å²) in [6.07, 6.45) is 0. The fourth-order valence-electron chi connectivity index (χ4n) is 5.17. The summed E-state index contributed by atoms with van der Waals surface area (Å²) in [7, 11) is 0. The number of rotatable bonds is 3. The summed E-state index contributed by atoms with van der Waals surface area (Å²) in [6.45, 7) is 0. The van der Waals surface area contributed by atoms with E-state index in [1.54, 1.807) is 11.3 Å². The van der Waals surface area contributed by atoms with E-state index in [0.717, 1.165) is 61.3 Å². The minimum Gasteiger partial charge on any atom is -0.456 e. The van der Waals surface area contributed by atoms with Crippen molar-refractivity contribution in [2.75, 3.05) is 0 Å². The zero-order valence-corrected chi connectivity index (χ0v) is 19.9. The van der Waals surface area contributed by atoms with Gasteiger partial charge in [-0.2, -0.15) is 0 Å². The van der Waals surface area contributed by atoms with Crippen molar-refractivity contribution < 1.29 is 4.42 Å². The fourth-order valence-corrected chi connectivity index (χ4v) is 6.24. The monoisotopic (exact) mass is 481 g/mol. The Bertz CT molecular complexity index is 1970. The molecule has 36 heavy (non-hydrogen) atoms. The van der Waals surface area contributed by atoms with Crippen molar-refractivity contribution in [2.45, 2.75) is 0 Å². The topological polar surface area (TPSA) is 57.6 Å². The average molecular weight is 482 g/mol. The Balaban J connectivity index is 1.47. The number of aromatic amines is 2. The number of aromatic nitrogens is 3. The maximum Gasteiger partial charge on any atom is 0.139 e. The fraction of sp³-hybridized carbons (Fsp3) is 0. The summed E-state index contributed by atoms with van der Waals surface area (Å²) >= 11 is 1.79. The molecule has 0 radical (unpaired) electrons. The number of furan rings is 1. The standard InChI is InChI=1S/C31H19N3OS/c1-5-14-24-18(8-1)16-25(35-24)29-28-20(31-33-21-11-3-4-12-22(21)34-31)10-7-13-23(28)32-30(29)27-17-19-9-2-6-15-26(19)36-27/h1-17,32H,(H,33,34). The van der Waals surface area contributed by atoms with Crippen LogP contribution in [-0.4, -0.2) is 15.0 Å². The van der Waals surface area contributed by atoms with Crippen molar-refractivity contribution in [1.82, 2.24) is 15.0 Å². The van der Waals surface area contributed by atoms with E-state index in [-0.39, 0.29) is 0 Å². The third kappa shape index (κ3) is 2.90. The van der Waals surface area contributed by atoms with Gasteiger partial charge >= 0.3 is 0 Å². The molecule has 0 atom stereocenters. The molecule has 170 valence electrons. The van der Waals surface area contributed by atoms with E-state index in [4.69, 9.17) is 9.40 Å². The van der Waals surface area contributed by atoms with E-state index in [2.05, 4.69) is 76.7 Å². The van der Waals surface area contributed by atoms with Crippen molar-refractivity contribution in [3.05, 3.63) is 103 Å². The highest BCUT2D eigenvalue weighted by atomic mass is 32.1. The Labute approximate surface area is 209 Å². The summed E-state index contributed by atoms with van der Waals surface area (Å²) in [6, 6.07) is 35.6. The maximum absolute atomic E-state index is 6.46. The van der Waals surface area contributed by atoms with Crippen LogP contribution in [-0.2, 0) is 0 Å². The lowest BCUT2D eigenvalue weighted by Crippen LogP contribution is -1.84. The zero-order valence-electron chi connectivity index (χ0n) is 19.1. The number of nitrogens with zero attached hydrogens (tertiary/aromatic N) is 1. The SMILES string of the molecule is c1ccc2oc(-c3c(-c4cc5ccccc5s4)[nH]c4cccc(-c5nc6ccccc6[nH]5)c34)cc2c1. The lowest BCUT2D eigenvalue weighted by molar-refractivity contribution is 0.632. The molecule has 0 aliphatic heterocycles. The second kappa shape index (κ2) is 7.44. The van der Waals surface area contributed by atoms with Gasteiger partial charge in [-0.1, -0.05) is 60.7 Å². The van der Waals surface area contributed by atoms with Gasteiger partial charge in [-0.25, -0.2) is 4.98 Å². The molecule has 4 aromatic heterocycles. The van der Waals surface area contributed by atoms with Crippen LogP contribution in [0.15, 0.2) is 108 Å². The smallest absolute Gasteiger partial charge is 0.139 e. The van der Waals surface area contributed by atoms with E-state index in [0.29, 0.717) is 0 Å². The molecule has 4 nitrogen and oxygen atoms in total. The summed E-state index contributed by atoms with van der Waals surface area (Å²) in [4.78, 5) is 13.4. The third-order valence-corrected chi connectivity index (χ3v) is 7.95.